The number of hydrogen-bond donors (Lipinski definition) is 1. The van der Waals surface area contributed by atoms with Crippen LogP contribution in [-0.4, -0.2) is 21.4 Å². The van der Waals surface area contributed by atoms with Crippen LogP contribution in [0.3, 0.4) is 0 Å². The highest BCUT2D eigenvalue weighted by molar-refractivity contribution is 5.45. The van der Waals surface area contributed by atoms with Gasteiger partial charge in [-0.05, 0) is 12.1 Å². The van der Waals surface area contributed by atoms with E-state index in [2.05, 4.69) is 10.1 Å². The molecule has 0 radical (unpaired) electrons. The van der Waals surface area contributed by atoms with Crippen LogP contribution in [0.5, 0.6) is 5.88 Å². The van der Waals surface area contributed by atoms with E-state index in [0.717, 1.165) is 12.1 Å². The molecule has 0 atom stereocenters. The molecular weight excluding hydrogens is 204 g/mol. The van der Waals surface area contributed by atoms with E-state index in [1.54, 1.807) is 17.1 Å². The van der Waals surface area contributed by atoms with Crippen LogP contribution in [0.2, 0.25) is 0 Å². The third-order valence-corrected chi connectivity index (χ3v) is 2.14. The van der Waals surface area contributed by atoms with Crippen LogP contribution >= 0.6 is 0 Å². The SMILES string of the molecule is Cn1cc(N)c(OCCc2ccccn2)n1. The van der Waals surface area contributed by atoms with E-state index < -0.39 is 0 Å². The average Bonchev–Trinajstić information content (AvgIpc) is 2.59. The van der Waals surface area contributed by atoms with Crippen LogP contribution in [0.25, 0.3) is 0 Å². The van der Waals surface area contributed by atoms with Gasteiger partial charge in [0.15, 0.2) is 0 Å². The third-order valence-electron chi connectivity index (χ3n) is 2.14. The number of rotatable bonds is 4. The Morgan fingerprint density at radius 3 is 2.94 bits per heavy atom. The maximum absolute atomic E-state index is 5.70. The fraction of sp³-hybridized carbons (Fsp3) is 0.273. The van der Waals surface area contributed by atoms with E-state index in [9.17, 15) is 0 Å². The Morgan fingerprint density at radius 1 is 1.44 bits per heavy atom. The van der Waals surface area contributed by atoms with Crippen LogP contribution in [0.1, 0.15) is 5.69 Å². The molecule has 0 spiro atoms. The summed E-state index contributed by atoms with van der Waals surface area (Å²) in [6, 6.07) is 5.81. The van der Waals surface area contributed by atoms with E-state index in [0.29, 0.717) is 18.2 Å². The quantitative estimate of drug-likeness (QED) is 0.832. The zero-order valence-corrected chi connectivity index (χ0v) is 9.13. The number of hydrogen-bond acceptors (Lipinski definition) is 4. The molecule has 0 aromatic carbocycles. The van der Waals surface area contributed by atoms with Gasteiger partial charge in [-0.15, -0.1) is 5.10 Å². The topological polar surface area (TPSA) is 66.0 Å². The first-order chi connectivity index (χ1) is 7.75. The Kier molecular flexibility index (Phi) is 3.05. The van der Waals surface area contributed by atoms with Crippen molar-refractivity contribution in [1.82, 2.24) is 14.8 Å². The van der Waals surface area contributed by atoms with Crippen LogP contribution in [0.15, 0.2) is 30.6 Å². The van der Waals surface area contributed by atoms with Crippen molar-refractivity contribution in [2.75, 3.05) is 12.3 Å². The molecule has 2 aromatic heterocycles. The third kappa shape index (κ3) is 2.50. The van der Waals surface area contributed by atoms with Crippen LogP contribution in [0.4, 0.5) is 5.69 Å². The molecule has 0 fully saturated rings. The Bertz CT molecular complexity index is 452. The second kappa shape index (κ2) is 4.65. The van der Waals surface area contributed by atoms with Crippen molar-refractivity contribution in [2.45, 2.75) is 6.42 Å². The zero-order chi connectivity index (χ0) is 11.4. The first-order valence-electron chi connectivity index (χ1n) is 5.07. The van der Waals surface area contributed by atoms with E-state index in [1.165, 1.54) is 0 Å². The molecule has 2 rings (SSSR count). The molecule has 84 valence electrons. The maximum Gasteiger partial charge on any atom is 0.256 e. The highest BCUT2D eigenvalue weighted by atomic mass is 16.5. The Hall–Kier alpha value is -2.04. The van der Waals surface area contributed by atoms with Crippen LogP contribution in [-0.2, 0) is 13.5 Å². The molecular formula is C11H14N4O. The number of aryl methyl sites for hydroxylation is 1. The first kappa shape index (κ1) is 10.5. The summed E-state index contributed by atoms with van der Waals surface area (Å²) in [6.45, 7) is 0.526. The van der Waals surface area contributed by atoms with Gasteiger partial charge in [-0.1, -0.05) is 6.07 Å². The first-order valence-corrected chi connectivity index (χ1v) is 5.07. The normalized spacial score (nSPS) is 10.3. The second-order valence-corrected chi connectivity index (χ2v) is 3.48. The van der Waals surface area contributed by atoms with E-state index >= 15 is 0 Å². The molecule has 0 aliphatic carbocycles. The number of anilines is 1. The molecule has 2 aromatic rings. The minimum absolute atomic E-state index is 0.485. The van der Waals surface area contributed by atoms with Crippen molar-refractivity contribution in [3.63, 3.8) is 0 Å². The van der Waals surface area contributed by atoms with Gasteiger partial charge in [0.05, 0.1) is 12.8 Å². The van der Waals surface area contributed by atoms with E-state index in [4.69, 9.17) is 10.5 Å². The molecule has 0 bridgehead atoms. The second-order valence-electron chi connectivity index (χ2n) is 3.48. The predicted octanol–water partition coefficient (Wildman–Crippen LogP) is 1.02. The van der Waals surface area contributed by atoms with Gasteiger partial charge in [0.25, 0.3) is 5.88 Å². The standard InChI is InChI=1S/C11H14N4O/c1-15-8-10(12)11(14-15)16-7-5-9-4-2-3-6-13-9/h2-4,6,8H,5,7,12H2,1H3. The summed E-state index contributed by atoms with van der Waals surface area (Å²) in [5, 5.41) is 4.09. The lowest BCUT2D eigenvalue weighted by molar-refractivity contribution is 0.306. The molecule has 0 saturated carbocycles. The van der Waals surface area contributed by atoms with Gasteiger partial charge in [0.1, 0.15) is 5.69 Å². The highest BCUT2D eigenvalue weighted by Gasteiger charge is 2.04. The molecule has 0 aliphatic heterocycles. The largest absolute Gasteiger partial charge is 0.475 e. The summed E-state index contributed by atoms with van der Waals surface area (Å²) in [7, 11) is 1.81. The van der Waals surface area contributed by atoms with Crippen LogP contribution < -0.4 is 10.5 Å². The summed E-state index contributed by atoms with van der Waals surface area (Å²) in [6.07, 6.45) is 4.23. The van der Waals surface area contributed by atoms with Gasteiger partial charge < -0.3 is 10.5 Å². The minimum atomic E-state index is 0.485. The van der Waals surface area contributed by atoms with Gasteiger partial charge in [0, 0.05) is 25.4 Å². The van der Waals surface area contributed by atoms with Crippen molar-refractivity contribution >= 4 is 5.69 Å². The average molecular weight is 218 g/mol. The Labute approximate surface area is 93.9 Å². The summed E-state index contributed by atoms with van der Waals surface area (Å²) in [4.78, 5) is 4.20. The van der Waals surface area contributed by atoms with Crippen molar-refractivity contribution < 1.29 is 4.74 Å². The van der Waals surface area contributed by atoms with Gasteiger partial charge in [-0.25, -0.2) is 0 Å². The number of nitrogen functional groups attached to an aromatic ring is 1. The maximum atomic E-state index is 5.70. The number of nitrogens with zero attached hydrogens (tertiary/aromatic N) is 3. The number of ether oxygens (including phenoxy) is 1. The van der Waals surface area contributed by atoms with Crippen molar-refractivity contribution in [3.8, 4) is 5.88 Å². The summed E-state index contributed by atoms with van der Waals surface area (Å²) in [5.41, 5.74) is 7.25. The van der Waals surface area contributed by atoms with E-state index in [-0.39, 0.29) is 0 Å². The van der Waals surface area contributed by atoms with Gasteiger partial charge in [0.2, 0.25) is 0 Å². The molecule has 0 aliphatic rings. The van der Waals surface area contributed by atoms with E-state index in [1.807, 2.05) is 25.2 Å². The fourth-order valence-corrected chi connectivity index (χ4v) is 1.40. The Balaban J connectivity index is 1.87. The van der Waals surface area contributed by atoms with Gasteiger partial charge >= 0.3 is 0 Å². The summed E-state index contributed by atoms with van der Waals surface area (Å²) in [5.74, 6) is 0.485. The number of aromatic nitrogens is 3. The molecule has 0 amide bonds. The predicted molar refractivity (Wildman–Crippen MR) is 61.1 cm³/mol. The molecule has 0 saturated heterocycles. The Morgan fingerprint density at radius 2 is 2.31 bits per heavy atom. The minimum Gasteiger partial charge on any atom is -0.475 e. The van der Waals surface area contributed by atoms with Gasteiger partial charge in [-0.3, -0.25) is 9.67 Å². The lowest BCUT2D eigenvalue weighted by Gasteiger charge is -2.02. The number of nitrogens with two attached hydrogens (primary N) is 1. The molecule has 2 N–H and O–H groups in total. The number of pyridine rings is 1. The van der Waals surface area contributed by atoms with Crippen LogP contribution in [0, 0.1) is 0 Å². The summed E-state index contributed by atoms with van der Waals surface area (Å²) < 4.78 is 7.09. The van der Waals surface area contributed by atoms with Crippen molar-refractivity contribution in [2.24, 2.45) is 7.05 Å². The monoisotopic (exact) mass is 218 g/mol. The smallest absolute Gasteiger partial charge is 0.256 e. The lowest BCUT2D eigenvalue weighted by atomic mass is 10.3. The molecule has 16 heavy (non-hydrogen) atoms. The lowest BCUT2D eigenvalue weighted by Crippen LogP contribution is -2.04. The molecule has 5 nitrogen and oxygen atoms in total. The van der Waals surface area contributed by atoms with Gasteiger partial charge in [-0.2, -0.15) is 0 Å². The molecule has 2 heterocycles. The van der Waals surface area contributed by atoms with Crippen molar-refractivity contribution in [1.29, 1.82) is 0 Å². The summed E-state index contributed by atoms with van der Waals surface area (Å²) >= 11 is 0. The zero-order valence-electron chi connectivity index (χ0n) is 9.13. The van der Waals surface area contributed by atoms with Crippen molar-refractivity contribution in [3.05, 3.63) is 36.3 Å². The highest BCUT2D eigenvalue weighted by Crippen LogP contribution is 2.17. The molecule has 5 heteroatoms. The fourth-order valence-electron chi connectivity index (χ4n) is 1.40. The molecule has 0 unspecified atom stereocenters.